The first-order valence-corrected chi connectivity index (χ1v) is 6.16. The van der Waals surface area contributed by atoms with E-state index in [0.29, 0.717) is 0 Å². The normalized spacial score (nSPS) is 19.3. The summed E-state index contributed by atoms with van der Waals surface area (Å²) in [6, 6.07) is 8.74. The lowest BCUT2D eigenvalue weighted by molar-refractivity contribution is 0.0883. The number of nitrogens with zero attached hydrogens (tertiary/aromatic N) is 1. The fourth-order valence-electron chi connectivity index (χ4n) is 2.44. The van der Waals surface area contributed by atoms with Gasteiger partial charge in [0.25, 0.3) is 0 Å². The molecule has 94 valence electrons. The number of hydroxylamine groups is 1. The third-order valence-electron chi connectivity index (χ3n) is 3.35. The summed E-state index contributed by atoms with van der Waals surface area (Å²) in [7, 11) is 0. The zero-order valence-corrected chi connectivity index (χ0v) is 10.6. The largest absolute Gasteiger partial charge is 0.361 e. The van der Waals surface area contributed by atoms with Crippen molar-refractivity contribution in [2.75, 3.05) is 6.61 Å². The standard InChI is InChI=1S/C14H16N2O2/c1-9-14(10(2)18-15-9)12-5-3-4-11(8-12)13-6-7-17-16-13/h3-5,8,13,16H,6-7H2,1-2H3/t13-/m1/s1. The lowest BCUT2D eigenvalue weighted by Crippen LogP contribution is -2.11. The predicted octanol–water partition coefficient (Wildman–Crippen LogP) is 2.92. The van der Waals surface area contributed by atoms with E-state index >= 15 is 0 Å². The van der Waals surface area contributed by atoms with E-state index < -0.39 is 0 Å². The summed E-state index contributed by atoms with van der Waals surface area (Å²) in [4.78, 5) is 5.21. The van der Waals surface area contributed by atoms with Crippen molar-refractivity contribution in [3.8, 4) is 11.1 Å². The molecule has 0 saturated carbocycles. The lowest BCUT2D eigenvalue weighted by Gasteiger charge is -2.10. The molecule has 1 saturated heterocycles. The van der Waals surface area contributed by atoms with Gasteiger partial charge in [-0.05, 0) is 37.5 Å². The first-order valence-electron chi connectivity index (χ1n) is 6.16. The van der Waals surface area contributed by atoms with Crippen molar-refractivity contribution in [1.29, 1.82) is 0 Å². The summed E-state index contributed by atoms with van der Waals surface area (Å²) in [6.07, 6.45) is 1.01. The van der Waals surface area contributed by atoms with Gasteiger partial charge in [0.2, 0.25) is 0 Å². The Kier molecular flexibility index (Phi) is 2.89. The molecule has 1 aliphatic rings. The third-order valence-corrected chi connectivity index (χ3v) is 3.35. The van der Waals surface area contributed by atoms with Crippen molar-refractivity contribution in [1.82, 2.24) is 10.6 Å². The van der Waals surface area contributed by atoms with Gasteiger partial charge in [0.15, 0.2) is 0 Å². The number of aryl methyl sites for hydroxylation is 2. The van der Waals surface area contributed by atoms with E-state index in [4.69, 9.17) is 9.36 Å². The smallest absolute Gasteiger partial charge is 0.141 e. The van der Waals surface area contributed by atoms with Gasteiger partial charge in [0.1, 0.15) is 5.76 Å². The van der Waals surface area contributed by atoms with Crippen LogP contribution in [-0.4, -0.2) is 11.8 Å². The molecule has 1 atom stereocenters. The molecule has 1 fully saturated rings. The number of nitrogens with one attached hydrogen (secondary N) is 1. The van der Waals surface area contributed by atoms with Crippen LogP contribution in [0.1, 0.15) is 29.5 Å². The Morgan fingerprint density at radius 3 is 2.89 bits per heavy atom. The second-order valence-corrected chi connectivity index (χ2v) is 4.63. The van der Waals surface area contributed by atoms with Gasteiger partial charge < -0.3 is 9.36 Å². The van der Waals surface area contributed by atoms with Crippen LogP contribution in [0, 0.1) is 13.8 Å². The van der Waals surface area contributed by atoms with E-state index in [-0.39, 0.29) is 6.04 Å². The summed E-state index contributed by atoms with van der Waals surface area (Å²) in [5, 5.41) is 4.00. The molecule has 1 aromatic heterocycles. The number of hydrogen-bond acceptors (Lipinski definition) is 4. The number of benzene rings is 1. The van der Waals surface area contributed by atoms with Crippen LogP contribution in [0.5, 0.6) is 0 Å². The van der Waals surface area contributed by atoms with E-state index in [0.717, 1.165) is 35.6 Å². The van der Waals surface area contributed by atoms with E-state index in [9.17, 15) is 0 Å². The van der Waals surface area contributed by atoms with Crippen LogP contribution in [0.15, 0.2) is 28.8 Å². The van der Waals surface area contributed by atoms with E-state index in [1.807, 2.05) is 13.8 Å². The summed E-state index contributed by atoms with van der Waals surface area (Å²) in [5.74, 6) is 0.861. The Labute approximate surface area is 106 Å². The van der Waals surface area contributed by atoms with Crippen molar-refractivity contribution in [3.63, 3.8) is 0 Å². The van der Waals surface area contributed by atoms with Crippen molar-refractivity contribution in [3.05, 3.63) is 41.3 Å². The van der Waals surface area contributed by atoms with Crippen LogP contribution < -0.4 is 5.48 Å². The van der Waals surface area contributed by atoms with Gasteiger partial charge >= 0.3 is 0 Å². The summed E-state index contributed by atoms with van der Waals surface area (Å²) in [6.45, 7) is 4.68. The Morgan fingerprint density at radius 2 is 2.22 bits per heavy atom. The zero-order chi connectivity index (χ0) is 12.5. The molecule has 1 aliphatic heterocycles. The summed E-state index contributed by atoms with van der Waals surface area (Å²) < 4.78 is 5.22. The van der Waals surface area contributed by atoms with Crippen LogP contribution in [0.25, 0.3) is 11.1 Å². The first-order chi connectivity index (χ1) is 8.75. The third kappa shape index (κ3) is 1.94. The van der Waals surface area contributed by atoms with Crippen LogP contribution >= 0.6 is 0 Å². The Bertz CT molecular complexity index is 537. The quantitative estimate of drug-likeness (QED) is 0.882. The molecular formula is C14H16N2O2. The molecule has 0 amide bonds. The van der Waals surface area contributed by atoms with Crippen LogP contribution in [-0.2, 0) is 4.84 Å². The van der Waals surface area contributed by atoms with E-state index in [2.05, 4.69) is 34.9 Å². The summed E-state index contributed by atoms with van der Waals surface area (Å²) in [5.41, 5.74) is 7.45. The van der Waals surface area contributed by atoms with Crippen molar-refractivity contribution < 1.29 is 9.36 Å². The second kappa shape index (κ2) is 4.55. The second-order valence-electron chi connectivity index (χ2n) is 4.63. The SMILES string of the molecule is Cc1noc(C)c1-c1cccc([C@H]2CCON2)c1. The maximum atomic E-state index is 5.22. The molecular weight excluding hydrogens is 228 g/mol. The fourth-order valence-corrected chi connectivity index (χ4v) is 2.44. The van der Waals surface area contributed by atoms with Gasteiger partial charge in [-0.25, -0.2) is 0 Å². The van der Waals surface area contributed by atoms with Crippen LogP contribution in [0.2, 0.25) is 0 Å². The molecule has 1 aromatic carbocycles. The molecule has 1 N–H and O–H groups in total. The molecule has 3 rings (SSSR count). The minimum Gasteiger partial charge on any atom is -0.361 e. The molecule has 4 nitrogen and oxygen atoms in total. The van der Waals surface area contributed by atoms with Gasteiger partial charge in [-0.3, -0.25) is 0 Å². The molecule has 0 unspecified atom stereocenters. The average molecular weight is 244 g/mol. The highest BCUT2D eigenvalue weighted by Crippen LogP contribution is 2.30. The van der Waals surface area contributed by atoms with E-state index in [1.54, 1.807) is 0 Å². The zero-order valence-electron chi connectivity index (χ0n) is 10.6. The predicted molar refractivity (Wildman–Crippen MR) is 67.9 cm³/mol. The highest BCUT2D eigenvalue weighted by molar-refractivity contribution is 5.68. The van der Waals surface area contributed by atoms with Gasteiger partial charge in [0, 0.05) is 5.56 Å². The fraction of sp³-hybridized carbons (Fsp3) is 0.357. The number of aromatic nitrogens is 1. The molecule has 0 spiro atoms. The topological polar surface area (TPSA) is 47.3 Å². The first kappa shape index (κ1) is 11.4. The lowest BCUT2D eigenvalue weighted by atomic mass is 9.98. The Balaban J connectivity index is 2.00. The van der Waals surface area contributed by atoms with Gasteiger partial charge in [-0.2, -0.15) is 5.48 Å². The monoisotopic (exact) mass is 244 g/mol. The van der Waals surface area contributed by atoms with E-state index in [1.165, 1.54) is 5.56 Å². The minimum absolute atomic E-state index is 0.283. The summed E-state index contributed by atoms with van der Waals surface area (Å²) >= 11 is 0. The van der Waals surface area contributed by atoms with Gasteiger partial charge in [-0.15, -0.1) is 0 Å². The highest BCUT2D eigenvalue weighted by Gasteiger charge is 2.18. The molecule has 2 aromatic rings. The molecule has 18 heavy (non-hydrogen) atoms. The van der Waals surface area contributed by atoms with Crippen molar-refractivity contribution >= 4 is 0 Å². The highest BCUT2D eigenvalue weighted by atomic mass is 16.7. The molecule has 4 heteroatoms. The number of hydrogen-bond donors (Lipinski definition) is 1. The minimum atomic E-state index is 0.283. The molecule has 0 aliphatic carbocycles. The van der Waals surface area contributed by atoms with Crippen LogP contribution in [0.4, 0.5) is 0 Å². The molecule has 2 heterocycles. The Morgan fingerprint density at radius 1 is 1.33 bits per heavy atom. The maximum absolute atomic E-state index is 5.22. The molecule has 0 radical (unpaired) electrons. The van der Waals surface area contributed by atoms with Crippen molar-refractivity contribution in [2.24, 2.45) is 0 Å². The van der Waals surface area contributed by atoms with Gasteiger partial charge in [0.05, 0.1) is 18.3 Å². The molecule has 0 bridgehead atoms. The van der Waals surface area contributed by atoms with Gasteiger partial charge in [-0.1, -0.05) is 23.4 Å². The van der Waals surface area contributed by atoms with Crippen LogP contribution in [0.3, 0.4) is 0 Å². The maximum Gasteiger partial charge on any atom is 0.141 e. The number of rotatable bonds is 2. The Hall–Kier alpha value is -1.65. The average Bonchev–Trinajstić information content (AvgIpc) is 3.00. The van der Waals surface area contributed by atoms with Crippen molar-refractivity contribution in [2.45, 2.75) is 26.3 Å².